The van der Waals surface area contributed by atoms with Gasteiger partial charge in [-0.3, -0.25) is 14.5 Å². The first kappa shape index (κ1) is 22.0. The number of carbonyl (C=O) groups is 3. The summed E-state index contributed by atoms with van der Waals surface area (Å²) in [5, 5.41) is 2.44. The summed E-state index contributed by atoms with van der Waals surface area (Å²) in [6.07, 6.45) is 2.85. The van der Waals surface area contributed by atoms with E-state index >= 15 is 0 Å². The Morgan fingerprint density at radius 1 is 1.13 bits per heavy atom. The monoisotopic (exact) mass is 472 g/mol. The van der Waals surface area contributed by atoms with E-state index in [1.54, 1.807) is 0 Å². The summed E-state index contributed by atoms with van der Waals surface area (Å²) in [6, 6.07) is 2.63. The first-order valence-corrected chi connectivity index (χ1v) is 11.8. The molecule has 4 rings (SSSR count). The fraction of sp³-hybridized carbons (Fsp3) is 0.526. The van der Waals surface area contributed by atoms with Crippen LogP contribution in [0.3, 0.4) is 0 Å². The van der Waals surface area contributed by atoms with Crippen LogP contribution in [0.15, 0.2) is 23.1 Å². The lowest BCUT2D eigenvalue weighted by Crippen LogP contribution is -2.53. The maximum Gasteiger partial charge on any atom is 0.325 e. The molecule has 1 aliphatic carbocycles. The van der Waals surface area contributed by atoms with E-state index in [0.717, 1.165) is 35.9 Å². The second-order valence-corrected chi connectivity index (χ2v) is 10.3. The average Bonchev–Trinajstić information content (AvgIpc) is 3.30. The fourth-order valence-electron chi connectivity index (χ4n) is 4.34. The van der Waals surface area contributed by atoms with E-state index in [1.165, 1.54) is 9.21 Å². The minimum Gasteiger partial charge on any atom is -0.338 e. The molecule has 1 aromatic carbocycles. The van der Waals surface area contributed by atoms with E-state index in [0.29, 0.717) is 12.8 Å². The Morgan fingerprint density at radius 2 is 1.77 bits per heavy atom. The zero-order valence-electron chi connectivity index (χ0n) is 16.6. The van der Waals surface area contributed by atoms with Crippen molar-refractivity contribution in [3.05, 3.63) is 29.0 Å². The van der Waals surface area contributed by atoms with Crippen LogP contribution in [0.5, 0.6) is 0 Å². The molecule has 1 saturated carbocycles. The summed E-state index contributed by atoms with van der Waals surface area (Å²) in [5.41, 5.74) is -0.874. The zero-order valence-corrected chi connectivity index (χ0v) is 18.2. The van der Waals surface area contributed by atoms with Crippen molar-refractivity contribution in [1.82, 2.24) is 19.4 Å². The van der Waals surface area contributed by atoms with Gasteiger partial charge in [0.2, 0.25) is 15.9 Å². The molecule has 3 fully saturated rings. The van der Waals surface area contributed by atoms with Gasteiger partial charge < -0.3 is 10.2 Å². The Bertz CT molecular complexity index is 1040. The lowest BCUT2D eigenvalue weighted by Gasteiger charge is -2.34. The van der Waals surface area contributed by atoms with Crippen LogP contribution in [-0.2, 0) is 19.6 Å². The van der Waals surface area contributed by atoms with E-state index in [9.17, 15) is 27.2 Å². The van der Waals surface area contributed by atoms with E-state index in [2.05, 4.69) is 5.32 Å². The molecule has 2 saturated heterocycles. The molecule has 1 N–H and O–H groups in total. The molecule has 0 radical (unpaired) electrons. The summed E-state index contributed by atoms with van der Waals surface area (Å²) in [5.74, 6) is -1.49. The van der Waals surface area contributed by atoms with Crippen LogP contribution in [0.1, 0.15) is 25.7 Å². The SMILES string of the molecule is O=C(CN1C(=O)NC2(CCCC2)C1=O)N1CCN(S(=O)(=O)c2ccc(F)c(Cl)c2)CC1. The number of amides is 4. The van der Waals surface area contributed by atoms with Crippen LogP contribution >= 0.6 is 11.6 Å². The minimum atomic E-state index is -3.89. The quantitative estimate of drug-likeness (QED) is 0.662. The number of piperazine rings is 1. The van der Waals surface area contributed by atoms with E-state index < -0.39 is 33.3 Å². The van der Waals surface area contributed by atoms with Crippen molar-refractivity contribution < 1.29 is 27.2 Å². The maximum atomic E-state index is 13.3. The van der Waals surface area contributed by atoms with Gasteiger partial charge in [0.25, 0.3) is 5.91 Å². The molecule has 168 valence electrons. The van der Waals surface area contributed by atoms with E-state index in [-0.39, 0.29) is 48.5 Å². The van der Waals surface area contributed by atoms with Crippen LogP contribution in [0.2, 0.25) is 5.02 Å². The number of rotatable bonds is 4. The van der Waals surface area contributed by atoms with Gasteiger partial charge in [0.15, 0.2) is 0 Å². The van der Waals surface area contributed by atoms with Crippen LogP contribution in [0.4, 0.5) is 9.18 Å². The molecule has 0 aromatic heterocycles. The number of hydrogen-bond acceptors (Lipinski definition) is 5. The number of benzene rings is 1. The standard InChI is InChI=1S/C19H22ClFN4O5S/c20-14-11-13(3-4-15(14)21)31(29,30)24-9-7-23(8-10-24)16(26)12-25-17(27)19(22-18(25)28)5-1-2-6-19/h3-4,11H,1-2,5-10,12H2,(H,22,28). The third kappa shape index (κ3) is 3.90. The topological polar surface area (TPSA) is 107 Å². The Hall–Kier alpha value is -2.24. The molecule has 1 aromatic rings. The van der Waals surface area contributed by atoms with Gasteiger partial charge in [0.1, 0.15) is 17.9 Å². The molecular weight excluding hydrogens is 451 g/mol. The van der Waals surface area contributed by atoms with Crippen molar-refractivity contribution in [3.8, 4) is 0 Å². The number of carbonyl (C=O) groups excluding carboxylic acids is 3. The maximum absolute atomic E-state index is 13.3. The highest BCUT2D eigenvalue weighted by molar-refractivity contribution is 7.89. The molecule has 4 amide bonds. The van der Waals surface area contributed by atoms with Gasteiger partial charge in [-0.15, -0.1) is 0 Å². The number of sulfonamides is 1. The van der Waals surface area contributed by atoms with Crippen LogP contribution in [0, 0.1) is 5.82 Å². The van der Waals surface area contributed by atoms with E-state index in [1.807, 2.05) is 0 Å². The normalized spacial score (nSPS) is 21.7. The molecule has 0 bridgehead atoms. The van der Waals surface area contributed by atoms with Crippen molar-refractivity contribution in [1.29, 1.82) is 0 Å². The number of urea groups is 1. The van der Waals surface area contributed by atoms with Crippen LogP contribution in [-0.4, -0.2) is 78.6 Å². The van der Waals surface area contributed by atoms with Gasteiger partial charge in [0, 0.05) is 26.2 Å². The van der Waals surface area contributed by atoms with Crippen molar-refractivity contribution in [2.75, 3.05) is 32.7 Å². The lowest BCUT2D eigenvalue weighted by molar-refractivity contribution is -0.139. The largest absolute Gasteiger partial charge is 0.338 e. The average molecular weight is 473 g/mol. The molecule has 3 aliphatic rings. The van der Waals surface area contributed by atoms with Crippen LogP contribution < -0.4 is 5.32 Å². The van der Waals surface area contributed by atoms with Gasteiger partial charge >= 0.3 is 6.03 Å². The molecule has 2 heterocycles. The minimum absolute atomic E-state index is 0.0349. The summed E-state index contributed by atoms with van der Waals surface area (Å²) >= 11 is 5.70. The first-order chi connectivity index (χ1) is 14.6. The predicted molar refractivity (Wildman–Crippen MR) is 108 cm³/mol. The summed E-state index contributed by atoms with van der Waals surface area (Å²) in [4.78, 5) is 39.9. The molecule has 0 unspecified atom stereocenters. The molecule has 2 aliphatic heterocycles. The molecule has 1 spiro atoms. The predicted octanol–water partition coefficient (Wildman–Crippen LogP) is 1.18. The molecule has 0 atom stereocenters. The Kier molecular flexibility index (Phi) is 5.69. The van der Waals surface area contributed by atoms with Gasteiger partial charge in [0.05, 0.1) is 9.92 Å². The Balaban J connectivity index is 1.37. The van der Waals surface area contributed by atoms with Crippen molar-refractivity contribution >= 4 is 39.5 Å². The Labute approximate surface area is 184 Å². The highest BCUT2D eigenvalue weighted by atomic mass is 35.5. The third-order valence-corrected chi connectivity index (χ3v) is 8.30. The highest BCUT2D eigenvalue weighted by Gasteiger charge is 2.53. The van der Waals surface area contributed by atoms with Crippen molar-refractivity contribution in [3.63, 3.8) is 0 Å². The van der Waals surface area contributed by atoms with Crippen molar-refractivity contribution in [2.24, 2.45) is 0 Å². The first-order valence-electron chi connectivity index (χ1n) is 10.0. The Morgan fingerprint density at radius 3 is 2.39 bits per heavy atom. The lowest BCUT2D eigenvalue weighted by atomic mass is 9.98. The number of imide groups is 1. The van der Waals surface area contributed by atoms with E-state index in [4.69, 9.17) is 11.6 Å². The third-order valence-electron chi connectivity index (χ3n) is 6.12. The summed E-state index contributed by atoms with van der Waals surface area (Å²) in [6.45, 7) is -0.0728. The van der Waals surface area contributed by atoms with Gasteiger partial charge in [-0.05, 0) is 31.0 Å². The van der Waals surface area contributed by atoms with Gasteiger partial charge in [-0.1, -0.05) is 24.4 Å². The zero-order chi connectivity index (χ0) is 22.4. The second-order valence-electron chi connectivity index (χ2n) is 7.97. The smallest absolute Gasteiger partial charge is 0.325 e. The molecule has 12 heteroatoms. The molecule has 9 nitrogen and oxygen atoms in total. The van der Waals surface area contributed by atoms with Crippen LogP contribution in [0.25, 0.3) is 0 Å². The number of nitrogens with one attached hydrogen (secondary N) is 1. The second kappa shape index (κ2) is 8.03. The summed E-state index contributed by atoms with van der Waals surface area (Å²) < 4.78 is 40.1. The van der Waals surface area contributed by atoms with Gasteiger partial charge in [-0.25, -0.2) is 17.6 Å². The molecular formula is C19H22ClFN4O5S. The highest BCUT2D eigenvalue weighted by Crippen LogP contribution is 2.35. The number of halogens is 2. The summed E-state index contributed by atoms with van der Waals surface area (Å²) in [7, 11) is -3.89. The fourth-order valence-corrected chi connectivity index (χ4v) is 6.03. The number of nitrogens with zero attached hydrogens (tertiary/aromatic N) is 3. The van der Waals surface area contributed by atoms with Crippen molar-refractivity contribution in [2.45, 2.75) is 36.1 Å². The van der Waals surface area contributed by atoms with Gasteiger partial charge in [-0.2, -0.15) is 4.31 Å². The number of hydrogen-bond donors (Lipinski definition) is 1. The molecule has 31 heavy (non-hydrogen) atoms.